The van der Waals surface area contributed by atoms with Crippen molar-refractivity contribution in [1.29, 1.82) is 0 Å². The molecular formula is C13H23NO2. The van der Waals surface area contributed by atoms with Gasteiger partial charge in [-0.3, -0.25) is 9.69 Å². The molecule has 0 aromatic heterocycles. The van der Waals surface area contributed by atoms with Crippen LogP contribution in [0.5, 0.6) is 0 Å². The zero-order valence-corrected chi connectivity index (χ0v) is 10.4. The van der Waals surface area contributed by atoms with Crippen molar-refractivity contribution < 1.29 is 9.90 Å². The molecule has 2 rings (SSSR count). The molecule has 3 nitrogen and oxygen atoms in total. The maximum Gasteiger partial charge on any atom is 0.324 e. The van der Waals surface area contributed by atoms with Crippen LogP contribution >= 0.6 is 0 Å². The Balaban J connectivity index is 2.23. The first-order valence-electron chi connectivity index (χ1n) is 6.56. The lowest BCUT2D eigenvalue weighted by Crippen LogP contribution is -2.59. The third-order valence-electron chi connectivity index (χ3n) is 4.62. The van der Waals surface area contributed by atoms with Gasteiger partial charge in [0, 0.05) is 6.54 Å². The van der Waals surface area contributed by atoms with Crippen LogP contribution in [0.1, 0.15) is 46.0 Å². The number of hydrogen-bond acceptors (Lipinski definition) is 2. The number of aliphatic carboxylic acids is 1. The molecule has 1 aliphatic carbocycles. The predicted molar refractivity (Wildman–Crippen MR) is 63.4 cm³/mol. The molecule has 0 radical (unpaired) electrons. The number of rotatable bonds is 2. The zero-order chi connectivity index (χ0) is 11.8. The summed E-state index contributed by atoms with van der Waals surface area (Å²) in [5.41, 5.74) is -0.553. The monoisotopic (exact) mass is 225 g/mol. The molecule has 16 heavy (non-hydrogen) atoms. The van der Waals surface area contributed by atoms with Crippen LogP contribution in [0.25, 0.3) is 0 Å². The normalized spacial score (nSPS) is 41.1. The molecule has 1 saturated heterocycles. The molecule has 1 heterocycles. The van der Waals surface area contributed by atoms with Gasteiger partial charge >= 0.3 is 5.97 Å². The van der Waals surface area contributed by atoms with Crippen LogP contribution in [0, 0.1) is 11.8 Å². The van der Waals surface area contributed by atoms with Crippen molar-refractivity contribution in [3.63, 3.8) is 0 Å². The molecule has 0 aromatic carbocycles. The highest BCUT2D eigenvalue weighted by atomic mass is 16.4. The highest BCUT2D eigenvalue weighted by Gasteiger charge is 2.50. The minimum atomic E-state index is -0.589. The molecular weight excluding hydrogens is 202 g/mol. The summed E-state index contributed by atoms with van der Waals surface area (Å²) in [6, 6.07) is 0. The Labute approximate surface area is 97.8 Å². The van der Waals surface area contributed by atoms with E-state index in [4.69, 9.17) is 0 Å². The Bertz CT molecular complexity index is 279. The Morgan fingerprint density at radius 2 is 2.06 bits per heavy atom. The van der Waals surface area contributed by atoms with Crippen molar-refractivity contribution in [2.24, 2.45) is 11.8 Å². The van der Waals surface area contributed by atoms with Gasteiger partial charge in [-0.2, -0.15) is 0 Å². The number of carbonyl (C=O) groups is 1. The predicted octanol–water partition coefficient (Wildman–Crippen LogP) is 2.36. The van der Waals surface area contributed by atoms with Gasteiger partial charge in [-0.05, 0) is 37.6 Å². The third kappa shape index (κ3) is 1.75. The van der Waals surface area contributed by atoms with Gasteiger partial charge in [0.1, 0.15) is 5.54 Å². The zero-order valence-electron chi connectivity index (χ0n) is 10.4. The molecule has 0 spiro atoms. The number of carboxylic acids is 1. The second-order valence-electron chi connectivity index (χ2n) is 5.72. The van der Waals surface area contributed by atoms with E-state index in [2.05, 4.69) is 18.7 Å². The van der Waals surface area contributed by atoms with Crippen LogP contribution in [-0.4, -0.2) is 34.6 Å². The lowest BCUT2D eigenvalue weighted by molar-refractivity contribution is -0.157. The molecule has 92 valence electrons. The van der Waals surface area contributed by atoms with Crippen LogP contribution in [0.15, 0.2) is 0 Å². The van der Waals surface area contributed by atoms with E-state index < -0.39 is 11.5 Å². The van der Waals surface area contributed by atoms with E-state index >= 15 is 0 Å². The van der Waals surface area contributed by atoms with Crippen LogP contribution in [0.3, 0.4) is 0 Å². The van der Waals surface area contributed by atoms with Gasteiger partial charge in [0.2, 0.25) is 0 Å². The summed E-state index contributed by atoms with van der Waals surface area (Å²) in [5.74, 6) is 0.364. The first-order valence-corrected chi connectivity index (χ1v) is 6.56. The largest absolute Gasteiger partial charge is 0.480 e. The molecule has 3 heteroatoms. The van der Waals surface area contributed by atoms with Gasteiger partial charge in [-0.25, -0.2) is 0 Å². The summed E-state index contributed by atoms with van der Waals surface area (Å²) >= 11 is 0. The average molecular weight is 225 g/mol. The van der Waals surface area contributed by atoms with Crippen molar-refractivity contribution in [3.05, 3.63) is 0 Å². The third-order valence-corrected chi connectivity index (χ3v) is 4.62. The van der Waals surface area contributed by atoms with E-state index in [-0.39, 0.29) is 0 Å². The van der Waals surface area contributed by atoms with Gasteiger partial charge in [0.05, 0.1) is 0 Å². The maximum absolute atomic E-state index is 11.7. The number of likely N-dealkylation sites (tertiary alicyclic amines) is 1. The average Bonchev–Trinajstić information content (AvgIpc) is 2.65. The molecule has 3 atom stereocenters. The first kappa shape index (κ1) is 11.9. The quantitative estimate of drug-likeness (QED) is 0.784. The van der Waals surface area contributed by atoms with Crippen molar-refractivity contribution in [2.45, 2.75) is 51.5 Å². The van der Waals surface area contributed by atoms with Crippen molar-refractivity contribution in [3.8, 4) is 0 Å². The highest BCUT2D eigenvalue weighted by Crippen LogP contribution is 2.41. The van der Waals surface area contributed by atoms with Crippen LogP contribution in [0.4, 0.5) is 0 Å². The fourth-order valence-electron chi connectivity index (χ4n) is 3.55. The fraction of sp³-hybridized carbons (Fsp3) is 0.923. The Hall–Kier alpha value is -0.570. The van der Waals surface area contributed by atoms with Gasteiger partial charge < -0.3 is 5.11 Å². The second kappa shape index (κ2) is 4.36. The van der Waals surface area contributed by atoms with Gasteiger partial charge in [0.15, 0.2) is 0 Å². The molecule has 1 N–H and O–H groups in total. The van der Waals surface area contributed by atoms with Gasteiger partial charge in [-0.15, -0.1) is 0 Å². The smallest absolute Gasteiger partial charge is 0.324 e. The molecule has 2 aliphatic rings. The SMILES string of the molecule is CC1CCN(C2(C(=O)O)CCCCC2C)C1. The van der Waals surface area contributed by atoms with Gasteiger partial charge in [-0.1, -0.05) is 26.7 Å². The highest BCUT2D eigenvalue weighted by molar-refractivity contribution is 5.79. The number of carboxylic acid groups (broad SMARTS) is 1. The summed E-state index contributed by atoms with van der Waals surface area (Å²) in [4.78, 5) is 14.0. The van der Waals surface area contributed by atoms with E-state index in [9.17, 15) is 9.90 Å². The lowest BCUT2D eigenvalue weighted by atomic mass is 9.72. The van der Waals surface area contributed by atoms with Crippen LogP contribution in [0.2, 0.25) is 0 Å². The number of nitrogens with zero attached hydrogens (tertiary/aromatic N) is 1. The molecule has 2 fully saturated rings. The number of hydrogen-bond donors (Lipinski definition) is 1. The summed E-state index contributed by atoms with van der Waals surface area (Å²) < 4.78 is 0. The fourth-order valence-corrected chi connectivity index (χ4v) is 3.55. The van der Waals surface area contributed by atoms with E-state index in [0.717, 1.165) is 38.8 Å². The molecule has 1 aliphatic heterocycles. The standard InChI is InChI=1S/C13H23NO2/c1-10-6-8-14(9-10)13(12(15)16)7-4-3-5-11(13)2/h10-11H,3-9H2,1-2H3,(H,15,16). The molecule has 0 amide bonds. The summed E-state index contributed by atoms with van der Waals surface area (Å²) in [6.07, 6.45) is 5.33. The summed E-state index contributed by atoms with van der Waals surface area (Å²) in [7, 11) is 0. The second-order valence-corrected chi connectivity index (χ2v) is 5.72. The van der Waals surface area contributed by atoms with E-state index in [0.29, 0.717) is 11.8 Å². The minimum Gasteiger partial charge on any atom is -0.480 e. The van der Waals surface area contributed by atoms with Gasteiger partial charge in [0.25, 0.3) is 0 Å². The molecule has 0 aromatic rings. The van der Waals surface area contributed by atoms with Crippen molar-refractivity contribution >= 4 is 5.97 Å². The van der Waals surface area contributed by atoms with Crippen LogP contribution in [-0.2, 0) is 4.79 Å². The molecule has 3 unspecified atom stereocenters. The minimum absolute atomic E-state index is 0.295. The first-order chi connectivity index (χ1) is 7.57. The van der Waals surface area contributed by atoms with Crippen molar-refractivity contribution in [2.75, 3.05) is 13.1 Å². The van der Waals surface area contributed by atoms with E-state index in [1.807, 2.05) is 0 Å². The molecule has 0 bridgehead atoms. The molecule has 1 saturated carbocycles. The summed E-state index contributed by atoms with van der Waals surface area (Å²) in [6.45, 7) is 6.29. The topological polar surface area (TPSA) is 40.5 Å². The Morgan fingerprint density at radius 1 is 1.31 bits per heavy atom. The Morgan fingerprint density at radius 3 is 2.56 bits per heavy atom. The van der Waals surface area contributed by atoms with Crippen molar-refractivity contribution in [1.82, 2.24) is 4.90 Å². The Kier molecular flexibility index (Phi) is 3.24. The maximum atomic E-state index is 11.7. The van der Waals surface area contributed by atoms with Crippen LogP contribution < -0.4 is 0 Å². The van der Waals surface area contributed by atoms with E-state index in [1.165, 1.54) is 6.42 Å². The summed E-state index contributed by atoms with van der Waals surface area (Å²) in [5, 5.41) is 9.66. The lowest BCUT2D eigenvalue weighted by Gasteiger charge is -2.45. The van der Waals surface area contributed by atoms with E-state index in [1.54, 1.807) is 0 Å².